The molecule has 0 unspecified atom stereocenters. The van der Waals surface area contributed by atoms with Crippen LogP contribution in [-0.4, -0.2) is 121 Å². The number of aliphatic hydroxyl groups excluding tert-OH is 2. The molecule has 10 heterocycles. The fourth-order valence-electron chi connectivity index (χ4n) is 10.1. The first-order valence-electron chi connectivity index (χ1n) is 23.6. The van der Waals surface area contributed by atoms with Crippen LogP contribution in [0.25, 0.3) is 11.3 Å². The fraction of sp³-hybridized carbons (Fsp3) is 0.360. The summed E-state index contributed by atoms with van der Waals surface area (Å²) in [5, 5.41) is 34.4. The molecule has 0 radical (unpaired) electrons. The summed E-state index contributed by atoms with van der Waals surface area (Å²) in [6, 6.07) is 12.3. The van der Waals surface area contributed by atoms with Crippen molar-refractivity contribution in [2.24, 2.45) is 0 Å². The van der Waals surface area contributed by atoms with Crippen LogP contribution in [0.1, 0.15) is 83.5 Å². The van der Waals surface area contributed by atoms with Crippen molar-refractivity contribution in [3.8, 4) is 11.5 Å². The summed E-state index contributed by atoms with van der Waals surface area (Å²) >= 11 is 0. The molecule has 0 spiro atoms. The first-order valence-corrected chi connectivity index (χ1v) is 23.6. The van der Waals surface area contributed by atoms with E-state index in [0.29, 0.717) is 47.3 Å². The topological polar surface area (TPSA) is 220 Å². The van der Waals surface area contributed by atoms with Gasteiger partial charge in [0.05, 0.1) is 61.0 Å². The van der Waals surface area contributed by atoms with Gasteiger partial charge in [0.25, 0.3) is 11.8 Å². The molecule has 2 atom stereocenters. The van der Waals surface area contributed by atoms with Gasteiger partial charge < -0.3 is 49.3 Å². The number of rotatable bonds is 10. The van der Waals surface area contributed by atoms with Crippen LogP contribution in [0.4, 0.5) is 22.7 Å². The minimum Gasteiger partial charge on any atom is -0.484 e. The van der Waals surface area contributed by atoms with Crippen molar-refractivity contribution in [3.63, 3.8) is 0 Å². The van der Waals surface area contributed by atoms with E-state index in [1.165, 1.54) is 12.4 Å². The standard InChI is InChI=1S/2C25H27N7O3/c2*1-25(15-33)13-17-11-20(29-24(34)19-14-28-32-7-2-5-27-23(19)32)21(12-22(17)35-25)30-8-3-18(4-9-30)31-10-6-26-16-31/h2*2,5-7,10-12,14,16,18,33H,3-4,8-9,13,15H2,1H3,(H,29,34)/t2*25-/m10/s1. The van der Waals surface area contributed by atoms with Crippen LogP contribution in [0.2, 0.25) is 0 Å². The lowest BCUT2D eigenvalue weighted by atomic mass is 9.98. The lowest BCUT2D eigenvalue weighted by Crippen LogP contribution is -2.35. The maximum absolute atomic E-state index is 13.3. The molecular weight excluding hydrogens is 893 g/mol. The third kappa shape index (κ3) is 8.63. The van der Waals surface area contributed by atoms with Crippen LogP contribution >= 0.6 is 0 Å². The maximum Gasteiger partial charge on any atom is 0.261 e. The summed E-state index contributed by atoms with van der Waals surface area (Å²) in [6.45, 7) is 6.96. The molecule has 2 aromatic carbocycles. The zero-order chi connectivity index (χ0) is 48.0. The number of fused-ring (bicyclic) bond motifs is 4. The zero-order valence-electron chi connectivity index (χ0n) is 38.9. The first-order chi connectivity index (χ1) is 34.1. The molecule has 4 aliphatic rings. The Morgan fingerprint density at radius 1 is 0.629 bits per heavy atom. The highest BCUT2D eigenvalue weighted by Crippen LogP contribution is 2.45. The highest BCUT2D eigenvalue weighted by molar-refractivity contribution is 6.10. The van der Waals surface area contributed by atoms with Gasteiger partial charge >= 0.3 is 0 Å². The number of carbonyl (C=O) groups is 2. The van der Waals surface area contributed by atoms with Crippen molar-refractivity contribution < 1.29 is 29.3 Å². The summed E-state index contributed by atoms with van der Waals surface area (Å²) in [4.78, 5) is 48.2. The quantitative estimate of drug-likeness (QED) is 0.135. The van der Waals surface area contributed by atoms with Crippen LogP contribution in [0, 0.1) is 0 Å². The number of anilines is 4. The average molecular weight is 947 g/mol. The molecule has 6 aromatic heterocycles. The molecule has 2 saturated heterocycles. The third-order valence-electron chi connectivity index (χ3n) is 13.9. The summed E-state index contributed by atoms with van der Waals surface area (Å²) in [7, 11) is 0. The molecule has 12 rings (SSSR count). The van der Waals surface area contributed by atoms with Crippen LogP contribution in [-0.2, 0) is 12.8 Å². The number of imidazole rings is 2. The molecule has 20 nitrogen and oxygen atoms in total. The molecule has 0 saturated carbocycles. The Bertz CT molecular complexity index is 2960. The number of aromatic nitrogens is 10. The van der Waals surface area contributed by atoms with E-state index in [-0.39, 0.29) is 25.0 Å². The molecular formula is C50H54N14O6. The predicted molar refractivity (Wildman–Crippen MR) is 260 cm³/mol. The lowest BCUT2D eigenvalue weighted by molar-refractivity contribution is 0.0446. The number of nitrogens with zero attached hydrogens (tertiary/aromatic N) is 12. The van der Waals surface area contributed by atoms with Crippen LogP contribution in [0.3, 0.4) is 0 Å². The second-order valence-corrected chi connectivity index (χ2v) is 19.0. The number of hydrogen-bond donors (Lipinski definition) is 4. The van der Waals surface area contributed by atoms with Crippen molar-refractivity contribution in [3.05, 3.63) is 133 Å². The fourth-order valence-corrected chi connectivity index (χ4v) is 10.1. The summed E-state index contributed by atoms with van der Waals surface area (Å²) in [6.07, 6.45) is 26.3. The van der Waals surface area contributed by atoms with E-state index in [9.17, 15) is 19.8 Å². The Hall–Kier alpha value is -7.84. The summed E-state index contributed by atoms with van der Waals surface area (Å²) in [5.74, 6) is 0.974. The predicted octanol–water partition coefficient (Wildman–Crippen LogP) is 5.41. The second-order valence-electron chi connectivity index (χ2n) is 19.0. The van der Waals surface area contributed by atoms with Crippen molar-refractivity contribution in [1.29, 1.82) is 0 Å². The van der Waals surface area contributed by atoms with E-state index < -0.39 is 11.2 Å². The van der Waals surface area contributed by atoms with Crippen molar-refractivity contribution in [2.75, 3.05) is 59.8 Å². The first kappa shape index (κ1) is 44.7. The molecule has 20 heteroatoms. The van der Waals surface area contributed by atoms with Gasteiger partial charge in [-0.05, 0) is 63.8 Å². The number of benzene rings is 2. The number of carbonyl (C=O) groups excluding carboxylic acids is 2. The lowest BCUT2D eigenvalue weighted by Gasteiger charge is -2.35. The smallest absolute Gasteiger partial charge is 0.261 e. The van der Waals surface area contributed by atoms with Crippen molar-refractivity contribution >= 4 is 45.9 Å². The molecule has 0 bridgehead atoms. The molecule has 8 aromatic rings. The van der Waals surface area contributed by atoms with Gasteiger partial charge in [-0.25, -0.2) is 29.0 Å². The molecule has 2 fully saturated rings. The summed E-state index contributed by atoms with van der Waals surface area (Å²) < 4.78 is 19.7. The molecule has 4 aliphatic heterocycles. The Morgan fingerprint density at radius 3 is 1.44 bits per heavy atom. The number of aliphatic hydroxyl groups is 2. The minimum atomic E-state index is -0.664. The minimum absolute atomic E-state index is 0.0803. The Morgan fingerprint density at radius 2 is 1.06 bits per heavy atom. The number of nitrogens with one attached hydrogen (secondary N) is 2. The van der Waals surface area contributed by atoms with E-state index in [1.807, 2.05) is 75.6 Å². The van der Waals surface area contributed by atoms with Gasteiger partial charge in [-0.1, -0.05) is 0 Å². The maximum atomic E-state index is 13.3. The summed E-state index contributed by atoms with van der Waals surface area (Å²) in [5.41, 5.74) is 5.69. The Labute approximate surface area is 402 Å². The van der Waals surface area contributed by atoms with E-state index in [0.717, 1.165) is 97.2 Å². The second kappa shape index (κ2) is 18.2. The van der Waals surface area contributed by atoms with Gasteiger partial charge in [0.2, 0.25) is 0 Å². The van der Waals surface area contributed by atoms with E-state index in [2.05, 4.69) is 59.7 Å². The van der Waals surface area contributed by atoms with Crippen LogP contribution in [0.5, 0.6) is 11.5 Å². The van der Waals surface area contributed by atoms with E-state index >= 15 is 0 Å². The van der Waals surface area contributed by atoms with Crippen LogP contribution in [0.15, 0.2) is 111 Å². The van der Waals surface area contributed by atoms with Gasteiger partial charge in [0, 0.05) is 124 Å². The van der Waals surface area contributed by atoms with Crippen molar-refractivity contribution in [2.45, 2.75) is 75.7 Å². The van der Waals surface area contributed by atoms with Gasteiger partial charge in [0.1, 0.15) is 33.8 Å². The molecule has 360 valence electrons. The Balaban J connectivity index is 0.000000152. The molecule has 0 aliphatic carbocycles. The number of amides is 2. The van der Waals surface area contributed by atoms with E-state index in [4.69, 9.17) is 9.47 Å². The molecule has 70 heavy (non-hydrogen) atoms. The number of piperidine rings is 2. The number of ether oxygens (including phenoxy) is 2. The normalized spacial score (nSPS) is 20.1. The van der Waals surface area contributed by atoms with E-state index in [1.54, 1.807) is 46.0 Å². The SMILES string of the molecule is C[C@@]1(CO)Cc2cc(NC(=O)c3cnn4cccnc34)c(N3CCC(n4ccnc4)CC3)cc2O1.C[C@]1(CO)Cc2cc(NC(=O)c3cnn4cccnc34)c(N3CCC(n4ccnc4)CC3)cc2O1. The molecule has 4 N–H and O–H groups in total. The van der Waals surface area contributed by atoms with Crippen LogP contribution < -0.4 is 29.9 Å². The monoisotopic (exact) mass is 946 g/mol. The largest absolute Gasteiger partial charge is 0.484 e. The van der Waals surface area contributed by atoms with Gasteiger partial charge in [-0.3, -0.25) is 9.59 Å². The molecule has 2 amide bonds. The number of hydrogen-bond acceptors (Lipinski definition) is 14. The highest BCUT2D eigenvalue weighted by atomic mass is 16.5. The van der Waals surface area contributed by atoms with Gasteiger partial charge in [0.15, 0.2) is 11.3 Å². The van der Waals surface area contributed by atoms with Gasteiger partial charge in [-0.15, -0.1) is 0 Å². The van der Waals surface area contributed by atoms with Crippen molar-refractivity contribution in [1.82, 2.24) is 48.3 Å². The average Bonchev–Trinajstić information content (AvgIpc) is 4.26. The van der Waals surface area contributed by atoms with Gasteiger partial charge in [-0.2, -0.15) is 10.2 Å². The highest BCUT2D eigenvalue weighted by Gasteiger charge is 2.38. The Kier molecular flexibility index (Phi) is 11.6. The third-order valence-corrected chi connectivity index (χ3v) is 13.9. The zero-order valence-corrected chi connectivity index (χ0v) is 38.9.